The van der Waals surface area contributed by atoms with Gasteiger partial charge in [0, 0.05) is 24.2 Å². The van der Waals surface area contributed by atoms with Gasteiger partial charge in [0.15, 0.2) is 0 Å². The van der Waals surface area contributed by atoms with Gasteiger partial charge in [-0.15, -0.1) is 0 Å². The SMILES string of the molecule is COc1cc(C(=O)NC(C)C)nc(C(O)NC(C)C)c1. The second-order valence-corrected chi connectivity index (χ2v) is 5.17. The first-order valence-electron chi connectivity index (χ1n) is 6.64. The van der Waals surface area contributed by atoms with E-state index in [0.717, 1.165) is 0 Å². The van der Waals surface area contributed by atoms with Crippen LogP contribution in [0.2, 0.25) is 0 Å². The van der Waals surface area contributed by atoms with Crippen molar-refractivity contribution in [2.75, 3.05) is 7.11 Å². The Balaban J connectivity index is 3.04. The van der Waals surface area contributed by atoms with Gasteiger partial charge in [-0.05, 0) is 27.7 Å². The number of ether oxygens (including phenoxy) is 1. The lowest BCUT2D eigenvalue weighted by Gasteiger charge is -2.17. The molecule has 0 aliphatic rings. The molecule has 0 saturated carbocycles. The Morgan fingerprint density at radius 2 is 1.90 bits per heavy atom. The van der Waals surface area contributed by atoms with Gasteiger partial charge in [0.25, 0.3) is 5.91 Å². The molecule has 0 radical (unpaired) electrons. The third-order valence-corrected chi connectivity index (χ3v) is 2.48. The van der Waals surface area contributed by atoms with Crippen molar-refractivity contribution in [2.45, 2.75) is 46.0 Å². The zero-order chi connectivity index (χ0) is 15.3. The molecule has 1 aromatic rings. The third kappa shape index (κ3) is 4.79. The van der Waals surface area contributed by atoms with Gasteiger partial charge < -0.3 is 15.2 Å². The quantitative estimate of drug-likeness (QED) is 0.683. The van der Waals surface area contributed by atoms with Crippen LogP contribution >= 0.6 is 0 Å². The lowest BCUT2D eigenvalue weighted by molar-refractivity contribution is 0.0934. The first-order valence-corrected chi connectivity index (χ1v) is 6.64. The van der Waals surface area contributed by atoms with Crippen molar-refractivity contribution >= 4 is 5.91 Å². The fraction of sp³-hybridized carbons (Fsp3) is 0.571. The molecular weight excluding hydrogens is 258 g/mol. The first-order chi connectivity index (χ1) is 9.33. The summed E-state index contributed by atoms with van der Waals surface area (Å²) in [6.45, 7) is 7.56. The van der Waals surface area contributed by atoms with E-state index in [2.05, 4.69) is 15.6 Å². The van der Waals surface area contributed by atoms with Crippen molar-refractivity contribution in [1.82, 2.24) is 15.6 Å². The molecule has 1 heterocycles. The minimum atomic E-state index is -0.948. The largest absolute Gasteiger partial charge is 0.497 e. The standard InChI is InChI=1S/C14H23N3O3/c1-8(2)15-13(18)11-6-10(20-5)7-12(17-11)14(19)16-9(3)4/h6-9,13,15,18H,1-5H3,(H,16,19). The Kier molecular flexibility index (Phi) is 5.91. The van der Waals surface area contributed by atoms with E-state index >= 15 is 0 Å². The maximum atomic E-state index is 12.0. The predicted molar refractivity (Wildman–Crippen MR) is 76.6 cm³/mol. The molecule has 1 atom stereocenters. The molecule has 1 rings (SSSR count). The van der Waals surface area contributed by atoms with Gasteiger partial charge in [-0.1, -0.05) is 0 Å². The highest BCUT2D eigenvalue weighted by Crippen LogP contribution is 2.18. The van der Waals surface area contributed by atoms with Crippen LogP contribution in [0.25, 0.3) is 0 Å². The van der Waals surface area contributed by atoms with E-state index in [0.29, 0.717) is 11.4 Å². The highest BCUT2D eigenvalue weighted by atomic mass is 16.5. The molecule has 20 heavy (non-hydrogen) atoms. The Labute approximate surface area is 119 Å². The number of aliphatic hydroxyl groups is 1. The number of nitrogens with zero attached hydrogens (tertiary/aromatic N) is 1. The normalized spacial score (nSPS) is 12.6. The van der Waals surface area contributed by atoms with Crippen LogP contribution in [0.3, 0.4) is 0 Å². The summed E-state index contributed by atoms with van der Waals surface area (Å²) < 4.78 is 5.15. The highest BCUT2D eigenvalue weighted by molar-refractivity contribution is 5.92. The molecule has 1 unspecified atom stereocenters. The number of rotatable bonds is 6. The molecule has 0 fully saturated rings. The van der Waals surface area contributed by atoms with Crippen molar-refractivity contribution in [1.29, 1.82) is 0 Å². The predicted octanol–water partition coefficient (Wildman–Crippen LogP) is 1.22. The zero-order valence-corrected chi connectivity index (χ0v) is 12.6. The first kappa shape index (κ1) is 16.4. The number of pyridine rings is 1. The smallest absolute Gasteiger partial charge is 0.270 e. The minimum absolute atomic E-state index is 0.0117. The van der Waals surface area contributed by atoms with Gasteiger partial charge >= 0.3 is 0 Å². The highest BCUT2D eigenvalue weighted by Gasteiger charge is 2.16. The molecule has 0 aliphatic carbocycles. The molecule has 0 aromatic carbocycles. The van der Waals surface area contributed by atoms with E-state index in [1.807, 2.05) is 27.7 Å². The number of carbonyl (C=O) groups is 1. The molecule has 0 aliphatic heterocycles. The second kappa shape index (κ2) is 7.21. The fourth-order valence-corrected chi connectivity index (χ4v) is 1.64. The van der Waals surface area contributed by atoms with E-state index in [-0.39, 0.29) is 23.7 Å². The average Bonchev–Trinajstić information content (AvgIpc) is 2.36. The van der Waals surface area contributed by atoms with E-state index < -0.39 is 6.23 Å². The van der Waals surface area contributed by atoms with Gasteiger partial charge in [-0.25, -0.2) is 4.98 Å². The summed E-state index contributed by atoms with van der Waals surface area (Å²) in [5, 5.41) is 15.7. The maximum absolute atomic E-state index is 12.0. The van der Waals surface area contributed by atoms with Crippen molar-refractivity contribution in [3.05, 3.63) is 23.5 Å². The number of nitrogens with one attached hydrogen (secondary N) is 2. The zero-order valence-electron chi connectivity index (χ0n) is 12.6. The third-order valence-electron chi connectivity index (χ3n) is 2.48. The Hall–Kier alpha value is -1.66. The van der Waals surface area contributed by atoms with E-state index in [1.165, 1.54) is 7.11 Å². The number of methoxy groups -OCH3 is 1. The van der Waals surface area contributed by atoms with Gasteiger partial charge in [0.1, 0.15) is 17.7 Å². The van der Waals surface area contributed by atoms with Crippen molar-refractivity contribution in [3.63, 3.8) is 0 Å². The Bertz CT molecular complexity index is 461. The lowest BCUT2D eigenvalue weighted by atomic mass is 10.2. The number of hydrogen-bond acceptors (Lipinski definition) is 5. The fourth-order valence-electron chi connectivity index (χ4n) is 1.64. The van der Waals surface area contributed by atoms with Gasteiger partial charge in [0.2, 0.25) is 0 Å². The summed E-state index contributed by atoms with van der Waals surface area (Å²) in [7, 11) is 1.51. The van der Waals surface area contributed by atoms with Crippen molar-refractivity contribution < 1.29 is 14.6 Å². The monoisotopic (exact) mass is 281 g/mol. The Morgan fingerprint density at radius 3 is 2.40 bits per heavy atom. The van der Waals surface area contributed by atoms with Crippen LogP contribution in [-0.2, 0) is 0 Å². The molecule has 112 valence electrons. The molecule has 1 aromatic heterocycles. The van der Waals surface area contributed by atoms with Crippen LogP contribution in [0.15, 0.2) is 12.1 Å². The molecule has 6 nitrogen and oxygen atoms in total. The summed E-state index contributed by atoms with van der Waals surface area (Å²) in [4.78, 5) is 16.2. The topological polar surface area (TPSA) is 83.5 Å². The number of aliphatic hydroxyl groups excluding tert-OH is 1. The molecule has 0 bridgehead atoms. The molecule has 0 saturated heterocycles. The maximum Gasteiger partial charge on any atom is 0.270 e. The van der Waals surface area contributed by atoms with Gasteiger partial charge in [0.05, 0.1) is 12.8 Å². The lowest BCUT2D eigenvalue weighted by Crippen LogP contribution is -2.32. The minimum Gasteiger partial charge on any atom is -0.497 e. The van der Waals surface area contributed by atoms with Crippen LogP contribution in [0.5, 0.6) is 5.75 Å². The molecular formula is C14H23N3O3. The number of carbonyl (C=O) groups excluding carboxylic acids is 1. The Morgan fingerprint density at radius 1 is 1.25 bits per heavy atom. The molecule has 0 spiro atoms. The van der Waals surface area contributed by atoms with Gasteiger partial charge in [-0.3, -0.25) is 10.1 Å². The van der Waals surface area contributed by atoms with Crippen molar-refractivity contribution in [2.24, 2.45) is 0 Å². The van der Waals surface area contributed by atoms with Crippen LogP contribution in [-0.4, -0.2) is 35.2 Å². The molecule has 1 amide bonds. The summed E-state index contributed by atoms with van der Waals surface area (Å²) in [6.07, 6.45) is -0.948. The molecule has 6 heteroatoms. The van der Waals surface area contributed by atoms with E-state index in [4.69, 9.17) is 4.74 Å². The van der Waals surface area contributed by atoms with E-state index in [9.17, 15) is 9.90 Å². The number of hydrogen-bond donors (Lipinski definition) is 3. The summed E-state index contributed by atoms with van der Waals surface area (Å²) in [6, 6.07) is 3.25. The van der Waals surface area contributed by atoms with Crippen LogP contribution < -0.4 is 15.4 Å². The number of aromatic nitrogens is 1. The second-order valence-electron chi connectivity index (χ2n) is 5.17. The van der Waals surface area contributed by atoms with E-state index in [1.54, 1.807) is 12.1 Å². The summed E-state index contributed by atoms with van der Waals surface area (Å²) >= 11 is 0. The summed E-state index contributed by atoms with van der Waals surface area (Å²) in [5.41, 5.74) is 0.574. The summed E-state index contributed by atoms with van der Waals surface area (Å²) in [5.74, 6) is 0.186. The van der Waals surface area contributed by atoms with Crippen molar-refractivity contribution in [3.8, 4) is 5.75 Å². The molecule has 3 N–H and O–H groups in total. The van der Waals surface area contributed by atoms with Crippen LogP contribution in [0, 0.1) is 0 Å². The van der Waals surface area contributed by atoms with Crippen LogP contribution in [0.4, 0.5) is 0 Å². The number of amides is 1. The van der Waals surface area contributed by atoms with Gasteiger partial charge in [-0.2, -0.15) is 0 Å². The van der Waals surface area contributed by atoms with Crippen LogP contribution in [0.1, 0.15) is 50.1 Å². The average molecular weight is 281 g/mol.